The van der Waals surface area contributed by atoms with Crippen molar-refractivity contribution in [2.24, 2.45) is 5.92 Å². The van der Waals surface area contributed by atoms with Crippen LogP contribution in [0.1, 0.15) is 38.3 Å². The summed E-state index contributed by atoms with van der Waals surface area (Å²) in [6.07, 6.45) is 4.45. The van der Waals surface area contributed by atoms with Crippen molar-refractivity contribution >= 4 is 0 Å². The van der Waals surface area contributed by atoms with E-state index < -0.39 is 0 Å². The zero-order valence-corrected chi connectivity index (χ0v) is 9.74. The van der Waals surface area contributed by atoms with Gasteiger partial charge in [0.1, 0.15) is 0 Å². The molecule has 1 aliphatic heterocycles. The first-order valence-electron chi connectivity index (χ1n) is 6.09. The highest BCUT2D eigenvalue weighted by atomic mass is 15.3. The molecule has 0 radical (unpaired) electrons. The van der Waals surface area contributed by atoms with Crippen LogP contribution in [0.25, 0.3) is 0 Å². The van der Waals surface area contributed by atoms with Crippen LogP contribution in [0.3, 0.4) is 0 Å². The number of rotatable bonds is 3. The molecule has 1 aromatic rings. The van der Waals surface area contributed by atoms with Gasteiger partial charge in [-0.05, 0) is 38.4 Å². The van der Waals surface area contributed by atoms with Crippen molar-refractivity contribution in [1.29, 1.82) is 0 Å². The average molecular weight is 207 g/mol. The van der Waals surface area contributed by atoms with Gasteiger partial charge in [0.25, 0.3) is 0 Å². The van der Waals surface area contributed by atoms with Crippen LogP contribution in [0.4, 0.5) is 0 Å². The van der Waals surface area contributed by atoms with Crippen LogP contribution in [0.15, 0.2) is 12.3 Å². The zero-order valence-electron chi connectivity index (χ0n) is 9.74. The van der Waals surface area contributed by atoms with Gasteiger partial charge in [0, 0.05) is 24.4 Å². The van der Waals surface area contributed by atoms with Gasteiger partial charge >= 0.3 is 0 Å². The number of aryl methyl sites for hydroxylation is 1. The second-order valence-corrected chi connectivity index (χ2v) is 4.34. The third kappa shape index (κ3) is 2.07. The first-order chi connectivity index (χ1) is 7.36. The molecule has 0 amide bonds. The molecule has 2 atom stereocenters. The largest absolute Gasteiger partial charge is 0.316 e. The van der Waals surface area contributed by atoms with Crippen molar-refractivity contribution in [3.63, 3.8) is 0 Å². The minimum Gasteiger partial charge on any atom is -0.316 e. The minimum atomic E-state index is 0.707. The van der Waals surface area contributed by atoms with E-state index in [1.807, 2.05) is 6.20 Å². The highest BCUT2D eigenvalue weighted by Crippen LogP contribution is 2.31. The summed E-state index contributed by atoms with van der Waals surface area (Å²) in [6, 6.07) is 2.20. The summed E-state index contributed by atoms with van der Waals surface area (Å²) in [6.45, 7) is 7.75. The number of nitrogens with zero attached hydrogens (tertiary/aromatic N) is 2. The van der Waals surface area contributed by atoms with E-state index in [1.165, 1.54) is 18.5 Å². The maximum absolute atomic E-state index is 4.37. The first kappa shape index (κ1) is 10.7. The molecule has 1 saturated heterocycles. The SMILES string of the molecule is CCC1CNCCC1c1ccnn1CC. The molecule has 3 nitrogen and oxygen atoms in total. The van der Waals surface area contributed by atoms with Gasteiger partial charge in [-0.3, -0.25) is 4.68 Å². The molecular weight excluding hydrogens is 186 g/mol. The van der Waals surface area contributed by atoms with Gasteiger partial charge in [0.2, 0.25) is 0 Å². The van der Waals surface area contributed by atoms with E-state index >= 15 is 0 Å². The lowest BCUT2D eigenvalue weighted by Crippen LogP contribution is -2.35. The monoisotopic (exact) mass is 207 g/mol. The molecular formula is C12H21N3. The quantitative estimate of drug-likeness (QED) is 0.821. The molecule has 0 saturated carbocycles. The fourth-order valence-electron chi connectivity index (χ4n) is 2.66. The lowest BCUT2D eigenvalue weighted by Gasteiger charge is -2.31. The van der Waals surface area contributed by atoms with Gasteiger partial charge in [-0.1, -0.05) is 13.3 Å². The molecule has 1 aliphatic rings. The van der Waals surface area contributed by atoms with Crippen molar-refractivity contribution < 1.29 is 0 Å². The molecule has 3 heteroatoms. The predicted molar refractivity (Wildman–Crippen MR) is 61.9 cm³/mol. The van der Waals surface area contributed by atoms with E-state index in [4.69, 9.17) is 0 Å². The molecule has 2 rings (SSSR count). The summed E-state index contributed by atoms with van der Waals surface area (Å²) in [7, 11) is 0. The van der Waals surface area contributed by atoms with Gasteiger partial charge in [-0.15, -0.1) is 0 Å². The van der Waals surface area contributed by atoms with E-state index in [0.29, 0.717) is 5.92 Å². The van der Waals surface area contributed by atoms with Crippen molar-refractivity contribution in [2.45, 2.75) is 39.2 Å². The Labute approximate surface area is 91.9 Å². The standard InChI is InChI=1S/C12H21N3/c1-3-10-9-13-7-5-11(10)12-6-8-14-15(12)4-2/h6,8,10-11,13H,3-5,7,9H2,1-2H3. The second kappa shape index (κ2) is 4.79. The number of aromatic nitrogens is 2. The van der Waals surface area contributed by atoms with E-state index in [9.17, 15) is 0 Å². The summed E-state index contributed by atoms with van der Waals surface area (Å²) >= 11 is 0. The normalized spacial score (nSPS) is 26.8. The van der Waals surface area contributed by atoms with E-state index in [2.05, 4.69) is 35.0 Å². The highest BCUT2D eigenvalue weighted by molar-refractivity contribution is 5.11. The van der Waals surface area contributed by atoms with Crippen LogP contribution in [-0.2, 0) is 6.54 Å². The molecule has 15 heavy (non-hydrogen) atoms. The molecule has 1 aromatic heterocycles. The van der Waals surface area contributed by atoms with Gasteiger partial charge in [0.15, 0.2) is 0 Å². The van der Waals surface area contributed by atoms with Crippen LogP contribution in [0.5, 0.6) is 0 Å². The fourth-order valence-corrected chi connectivity index (χ4v) is 2.66. The molecule has 0 bridgehead atoms. The highest BCUT2D eigenvalue weighted by Gasteiger charge is 2.26. The molecule has 2 heterocycles. The Morgan fingerprint density at radius 2 is 2.40 bits per heavy atom. The summed E-state index contributed by atoms with van der Waals surface area (Å²) in [5.74, 6) is 1.49. The van der Waals surface area contributed by atoms with Gasteiger partial charge < -0.3 is 5.32 Å². The topological polar surface area (TPSA) is 29.9 Å². The number of piperidine rings is 1. The number of hydrogen-bond acceptors (Lipinski definition) is 2. The lowest BCUT2D eigenvalue weighted by molar-refractivity contribution is 0.304. The molecule has 0 spiro atoms. The predicted octanol–water partition coefficient (Wildman–Crippen LogP) is 2.01. The number of hydrogen-bond donors (Lipinski definition) is 1. The zero-order chi connectivity index (χ0) is 10.7. The maximum Gasteiger partial charge on any atom is 0.0492 e. The van der Waals surface area contributed by atoms with Crippen LogP contribution < -0.4 is 5.32 Å². The van der Waals surface area contributed by atoms with Crippen LogP contribution in [-0.4, -0.2) is 22.9 Å². The summed E-state index contributed by atoms with van der Waals surface area (Å²) < 4.78 is 2.15. The smallest absolute Gasteiger partial charge is 0.0492 e. The third-order valence-corrected chi connectivity index (χ3v) is 3.56. The Morgan fingerprint density at radius 1 is 1.53 bits per heavy atom. The first-order valence-corrected chi connectivity index (χ1v) is 6.09. The van der Waals surface area contributed by atoms with Gasteiger partial charge in [-0.2, -0.15) is 5.10 Å². The second-order valence-electron chi connectivity index (χ2n) is 4.34. The van der Waals surface area contributed by atoms with Crippen molar-refractivity contribution in [1.82, 2.24) is 15.1 Å². The Balaban J connectivity index is 2.20. The van der Waals surface area contributed by atoms with Crippen molar-refractivity contribution in [2.75, 3.05) is 13.1 Å². The molecule has 0 aliphatic carbocycles. The summed E-state index contributed by atoms with van der Waals surface area (Å²) in [4.78, 5) is 0. The maximum atomic E-state index is 4.37. The Hall–Kier alpha value is -0.830. The molecule has 0 aromatic carbocycles. The molecule has 84 valence electrons. The van der Waals surface area contributed by atoms with Crippen LogP contribution in [0.2, 0.25) is 0 Å². The van der Waals surface area contributed by atoms with E-state index in [1.54, 1.807) is 0 Å². The van der Waals surface area contributed by atoms with Crippen molar-refractivity contribution in [3.8, 4) is 0 Å². The van der Waals surface area contributed by atoms with E-state index in [0.717, 1.165) is 25.6 Å². The Morgan fingerprint density at radius 3 is 3.13 bits per heavy atom. The molecule has 1 fully saturated rings. The molecule has 2 unspecified atom stereocenters. The third-order valence-electron chi connectivity index (χ3n) is 3.56. The summed E-state index contributed by atoms with van der Waals surface area (Å²) in [5.41, 5.74) is 1.44. The van der Waals surface area contributed by atoms with E-state index in [-0.39, 0.29) is 0 Å². The Bertz CT molecular complexity index is 306. The Kier molecular flexibility index (Phi) is 3.41. The lowest BCUT2D eigenvalue weighted by atomic mass is 9.82. The number of nitrogens with one attached hydrogen (secondary N) is 1. The average Bonchev–Trinajstić information content (AvgIpc) is 2.76. The van der Waals surface area contributed by atoms with Crippen LogP contribution >= 0.6 is 0 Å². The van der Waals surface area contributed by atoms with Gasteiger partial charge in [0.05, 0.1) is 0 Å². The van der Waals surface area contributed by atoms with Gasteiger partial charge in [-0.25, -0.2) is 0 Å². The van der Waals surface area contributed by atoms with Crippen LogP contribution in [0, 0.1) is 5.92 Å². The molecule has 1 N–H and O–H groups in total. The fraction of sp³-hybridized carbons (Fsp3) is 0.750. The minimum absolute atomic E-state index is 0.707. The summed E-state index contributed by atoms with van der Waals surface area (Å²) in [5, 5.41) is 7.86. The van der Waals surface area contributed by atoms with Crippen molar-refractivity contribution in [3.05, 3.63) is 18.0 Å².